The lowest BCUT2D eigenvalue weighted by Crippen LogP contribution is -2.69. The number of aliphatic hydroxyl groups excluding tert-OH is 2. The summed E-state index contributed by atoms with van der Waals surface area (Å²) < 4.78 is 38.7. The minimum absolute atomic E-state index is 0.0714. The van der Waals surface area contributed by atoms with Crippen LogP contribution in [-0.4, -0.2) is 71.6 Å². The molecule has 0 radical (unpaired) electrons. The highest BCUT2D eigenvalue weighted by atomic mass is 16.8. The lowest BCUT2D eigenvalue weighted by molar-refractivity contribution is -0.398. The summed E-state index contributed by atoms with van der Waals surface area (Å²) in [5.74, 6) is 3.35. The van der Waals surface area contributed by atoms with Crippen molar-refractivity contribution in [3.05, 3.63) is 47.5 Å². The Labute approximate surface area is 292 Å². The molecule has 3 saturated carbocycles. The second kappa shape index (κ2) is 11.8. The minimum atomic E-state index is -1.22. The Balaban J connectivity index is 0.866. The summed E-state index contributed by atoms with van der Waals surface area (Å²) in [6, 6.07) is 9.68. The van der Waals surface area contributed by atoms with Gasteiger partial charge < -0.3 is 38.6 Å². The average molecular weight is 679 g/mol. The Hall–Kier alpha value is -1.36. The highest BCUT2D eigenvalue weighted by Gasteiger charge is 2.69. The molecule has 0 aromatic heterocycles. The Bertz CT molecular complexity index is 1420. The predicted molar refractivity (Wildman–Crippen MR) is 182 cm³/mol. The van der Waals surface area contributed by atoms with E-state index in [0.717, 1.165) is 44.3 Å². The van der Waals surface area contributed by atoms with Gasteiger partial charge in [0.1, 0.15) is 23.9 Å². The maximum Gasteiger partial charge on any atom is 0.187 e. The first-order valence-electron chi connectivity index (χ1n) is 19.5. The first-order chi connectivity index (χ1) is 23.4. The molecule has 8 nitrogen and oxygen atoms in total. The molecule has 49 heavy (non-hydrogen) atoms. The zero-order valence-electron chi connectivity index (χ0n) is 30.1. The van der Waals surface area contributed by atoms with E-state index in [1.165, 1.54) is 31.3 Å². The van der Waals surface area contributed by atoms with Gasteiger partial charge in [-0.25, -0.2) is 0 Å². The topological polar surface area (TPSA) is 95.8 Å². The van der Waals surface area contributed by atoms with Crippen molar-refractivity contribution < 1.29 is 38.6 Å². The third-order valence-corrected chi connectivity index (χ3v) is 15.6. The molecule has 4 saturated heterocycles. The zero-order chi connectivity index (χ0) is 33.9. The van der Waals surface area contributed by atoms with Crippen molar-refractivity contribution >= 4 is 0 Å². The van der Waals surface area contributed by atoms with Gasteiger partial charge in [0.25, 0.3) is 0 Å². The molecule has 0 bridgehead atoms. The van der Waals surface area contributed by atoms with Crippen molar-refractivity contribution in [1.82, 2.24) is 0 Å². The second-order valence-electron chi connectivity index (χ2n) is 18.1. The summed E-state index contributed by atoms with van der Waals surface area (Å²) in [5.41, 5.74) is 1.74. The molecule has 8 aliphatic rings. The van der Waals surface area contributed by atoms with E-state index in [-0.39, 0.29) is 23.9 Å². The second-order valence-corrected chi connectivity index (χ2v) is 18.1. The molecule has 8 heteroatoms. The van der Waals surface area contributed by atoms with Gasteiger partial charge in [-0.1, -0.05) is 69.7 Å². The van der Waals surface area contributed by atoms with Crippen molar-refractivity contribution in [2.24, 2.45) is 46.3 Å². The quantitative estimate of drug-likeness (QED) is 0.342. The third-order valence-electron chi connectivity index (χ3n) is 15.6. The van der Waals surface area contributed by atoms with Crippen molar-refractivity contribution in [1.29, 1.82) is 0 Å². The van der Waals surface area contributed by atoms with Crippen LogP contribution in [0, 0.1) is 46.3 Å². The molecule has 4 heterocycles. The lowest BCUT2D eigenvalue weighted by atomic mass is 9.47. The molecular weight excluding hydrogens is 620 g/mol. The molecule has 9 rings (SSSR count). The summed E-state index contributed by atoms with van der Waals surface area (Å²) in [5, 5.41) is 22.7. The van der Waals surface area contributed by atoms with Crippen LogP contribution in [0.3, 0.4) is 0 Å². The standard InChI is InChI=1S/C41H58O8/c1-23-13-18-41(45-21-23)24(2)33-31(48-41)20-30-28-12-11-26-19-27(14-16-38(26,3)29(28)15-17-39(30,33)4)46-37-34(42)35(43)40(5)32(47-37)22-44-36(49-40)25-9-7-6-8-10-25/h6-11,23-24,27-37,42-43H,12-22H2,1-5H3/t23-,24+,27+,28-,29+,30+,31+,32?,33+,34?,35-,36?,37-,38+,39+,40-,41-/m1/s1. The zero-order valence-corrected chi connectivity index (χ0v) is 30.1. The maximum absolute atomic E-state index is 11.4. The number of hydrogen-bond acceptors (Lipinski definition) is 8. The Morgan fingerprint density at radius 3 is 2.49 bits per heavy atom. The van der Waals surface area contributed by atoms with Crippen LogP contribution in [0.5, 0.6) is 0 Å². The van der Waals surface area contributed by atoms with E-state index in [4.69, 9.17) is 28.4 Å². The highest BCUT2D eigenvalue weighted by Crippen LogP contribution is 2.70. The van der Waals surface area contributed by atoms with Gasteiger partial charge in [0.2, 0.25) is 0 Å². The van der Waals surface area contributed by atoms with E-state index < -0.39 is 36.5 Å². The summed E-state index contributed by atoms with van der Waals surface area (Å²) in [6.45, 7) is 12.7. The molecule has 1 aromatic rings. The summed E-state index contributed by atoms with van der Waals surface area (Å²) in [6.07, 6.45) is 8.23. The molecular formula is C41H58O8. The number of rotatable bonds is 3. The Morgan fingerprint density at radius 1 is 0.898 bits per heavy atom. The van der Waals surface area contributed by atoms with Gasteiger partial charge in [-0.2, -0.15) is 0 Å². The van der Waals surface area contributed by atoms with Crippen molar-refractivity contribution in [3.8, 4) is 0 Å². The number of aliphatic hydroxyl groups is 2. The highest BCUT2D eigenvalue weighted by molar-refractivity contribution is 5.27. The first kappa shape index (κ1) is 33.5. The molecule has 4 aliphatic heterocycles. The van der Waals surface area contributed by atoms with Crippen LogP contribution in [0.2, 0.25) is 0 Å². The predicted octanol–water partition coefficient (Wildman–Crippen LogP) is 6.69. The number of ether oxygens (including phenoxy) is 6. The van der Waals surface area contributed by atoms with Gasteiger partial charge >= 0.3 is 0 Å². The molecule has 270 valence electrons. The summed E-state index contributed by atoms with van der Waals surface area (Å²) in [7, 11) is 0. The average Bonchev–Trinajstić information content (AvgIpc) is 3.55. The molecule has 7 fully saturated rings. The van der Waals surface area contributed by atoms with Gasteiger partial charge in [-0.15, -0.1) is 0 Å². The van der Waals surface area contributed by atoms with Crippen LogP contribution in [-0.2, 0) is 28.4 Å². The van der Waals surface area contributed by atoms with Crippen LogP contribution < -0.4 is 0 Å². The molecule has 0 amide bonds. The number of fused-ring (bicyclic) bond motifs is 8. The van der Waals surface area contributed by atoms with Crippen LogP contribution >= 0.6 is 0 Å². The lowest BCUT2D eigenvalue weighted by Gasteiger charge is -2.59. The van der Waals surface area contributed by atoms with Gasteiger partial charge in [0, 0.05) is 17.9 Å². The Kier molecular flexibility index (Phi) is 8.08. The van der Waals surface area contributed by atoms with Gasteiger partial charge in [-0.3, -0.25) is 0 Å². The molecule has 2 N–H and O–H groups in total. The van der Waals surface area contributed by atoms with Gasteiger partial charge in [0.05, 0.1) is 25.4 Å². The SMILES string of the molecule is C[C@@H]1CC[C@@]2(OC1)O[C@H]1C[C@H]3[C@@H]4CC=C5C[C@@H](O[C@@H]6OC7COC(c8ccccc8)O[C@@]7(C)[C@H](O)C6O)CC[C@]5(C)[C@H]4CC[C@]3(C)[C@H]1[C@@H]2C. The molecule has 4 aliphatic carbocycles. The fourth-order valence-electron chi connectivity index (χ4n) is 12.7. The molecule has 1 spiro atoms. The van der Waals surface area contributed by atoms with Crippen LogP contribution in [0.15, 0.2) is 42.0 Å². The van der Waals surface area contributed by atoms with E-state index in [9.17, 15) is 10.2 Å². The Morgan fingerprint density at radius 2 is 1.71 bits per heavy atom. The fourth-order valence-corrected chi connectivity index (χ4v) is 12.7. The third kappa shape index (κ3) is 4.98. The van der Waals surface area contributed by atoms with E-state index in [1.807, 2.05) is 30.3 Å². The van der Waals surface area contributed by atoms with Crippen molar-refractivity contribution in [2.45, 2.75) is 147 Å². The number of benzene rings is 1. The van der Waals surface area contributed by atoms with Crippen LogP contribution in [0.4, 0.5) is 0 Å². The van der Waals surface area contributed by atoms with E-state index >= 15 is 0 Å². The molecule has 17 atom stereocenters. The van der Waals surface area contributed by atoms with E-state index in [1.54, 1.807) is 6.92 Å². The molecule has 1 aromatic carbocycles. The summed E-state index contributed by atoms with van der Waals surface area (Å²) >= 11 is 0. The van der Waals surface area contributed by atoms with E-state index in [0.29, 0.717) is 47.0 Å². The molecule has 3 unspecified atom stereocenters. The van der Waals surface area contributed by atoms with Crippen LogP contribution in [0.1, 0.15) is 104 Å². The minimum Gasteiger partial charge on any atom is -0.387 e. The van der Waals surface area contributed by atoms with E-state index in [2.05, 4.69) is 33.8 Å². The largest absolute Gasteiger partial charge is 0.387 e. The van der Waals surface area contributed by atoms with Gasteiger partial charge in [-0.05, 0) is 98.7 Å². The normalized spacial score (nSPS) is 55.1. The summed E-state index contributed by atoms with van der Waals surface area (Å²) in [4.78, 5) is 0. The first-order valence-corrected chi connectivity index (χ1v) is 19.5. The van der Waals surface area contributed by atoms with Crippen molar-refractivity contribution in [3.63, 3.8) is 0 Å². The smallest absolute Gasteiger partial charge is 0.187 e. The van der Waals surface area contributed by atoms with Crippen molar-refractivity contribution in [2.75, 3.05) is 13.2 Å². The fraction of sp³-hybridized carbons (Fsp3) is 0.805. The number of allylic oxidation sites excluding steroid dienone is 1. The monoisotopic (exact) mass is 678 g/mol. The van der Waals surface area contributed by atoms with Gasteiger partial charge in [0.15, 0.2) is 18.4 Å². The maximum atomic E-state index is 11.4. The number of hydrogen-bond donors (Lipinski definition) is 2. The van der Waals surface area contributed by atoms with Crippen LogP contribution in [0.25, 0.3) is 0 Å².